The van der Waals surface area contributed by atoms with Gasteiger partial charge in [-0.2, -0.15) is 0 Å². The number of benzene rings is 1. The van der Waals surface area contributed by atoms with E-state index in [2.05, 4.69) is 10.3 Å². The zero-order valence-corrected chi connectivity index (χ0v) is 9.76. The number of hydrogen-bond donors (Lipinski definition) is 0. The Morgan fingerprint density at radius 2 is 1.80 bits per heavy atom. The van der Waals surface area contributed by atoms with Crippen molar-refractivity contribution in [3.05, 3.63) is 40.1 Å². The molecule has 78 valence electrons. The first-order valence-corrected chi connectivity index (χ1v) is 5.42. The van der Waals surface area contributed by atoms with Crippen molar-refractivity contribution in [3.63, 3.8) is 0 Å². The topological polar surface area (TPSA) is 30.7 Å². The fraction of sp³-hybridized carbons (Fsp3) is 0.111. The van der Waals surface area contributed by atoms with Crippen molar-refractivity contribution < 1.29 is 0 Å². The van der Waals surface area contributed by atoms with Gasteiger partial charge in [0.05, 0.1) is 23.5 Å². The molecule has 2 aromatic rings. The summed E-state index contributed by atoms with van der Waals surface area (Å²) >= 11 is 17.4. The number of alkyl halides is 1. The van der Waals surface area contributed by atoms with Gasteiger partial charge < -0.3 is 0 Å². The molecule has 0 aliphatic rings. The zero-order valence-electron chi connectivity index (χ0n) is 7.49. The van der Waals surface area contributed by atoms with E-state index in [9.17, 15) is 0 Å². The van der Waals surface area contributed by atoms with Crippen LogP contribution in [0.2, 0.25) is 10.0 Å². The first-order valence-electron chi connectivity index (χ1n) is 4.12. The molecule has 3 nitrogen and oxygen atoms in total. The van der Waals surface area contributed by atoms with Crippen molar-refractivity contribution >= 4 is 34.8 Å². The molecule has 6 heteroatoms. The predicted molar refractivity (Wildman–Crippen MR) is 60.9 cm³/mol. The smallest absolute Gasteiger partial charge is 0.0979 e. The molecule has 1 heterocycles. The zero-order chi connectivity index (χ0) is 10.8. The molecule has 0 saturated heterocycles. The molecule has 0 unspecified atom stereocenters. The van der Waals surface area contributed by atoms with Crippen molar-refractivity contribution in [1.29, 1.82) is 0 Å². The van der Waals surface area contributed by atoms with Crippen LogP contribution in [0.3, 0.4) is 0 Å². The maximum atomic E-state index is 5.87. The van der Waals surface area contributed by atoms with Crippen molar-refractivity contribution in [2.45, 2.75) is 5.88 Å². The highest BCUT2D eigenvalue weighted by Crippen LogP contribution is 2.21. The molecular weight excluding hydrogens is 256 g/mol. The van der Waals surface area contributed by atoms with Crippen LogP contribution >= 0.6 is 34.8 Å². The highest BCUT2D eigenvalue weighted by molar-refractivity contribution is 6.34. The van der Waals surface area contributed by atoms with Gasteiger partial charge in [-0.05, 0) is 18.2 Å². The molecule has 0 spiro atoms. The van der Waals surface area contributed by atoms with Gasteiger partial charge in [0.2, 0.25) is 0 Å². The second kappa shape index (κ2) is 4.39. The Morgan fingerprint density at radius 3 is 2.33 bits per heavy atom. The standard InChI is InChI=1S/C9H6Cl3N3/c10-4-8-5-15(14-13-8)9-2-6(11)1-7(12)3-9/h1-3,5H,4H2. The minimum Gasteiger partial charge on any atom is -0.220 e. The monoisotopic (exact) mass is 261 g/mol. The largest absolute Gasteiger partial charge is 0.220 e. The van der Waals surface area contributed by atoms with Crippen LogP contribution < -0.4 is 0 Å². The van der Waals surface area contributed by atoms with Gasteiger partial charge in [0.15, 0.2) is 0 Å². The van der Waals surface area contributed by atoms with Gasteiger partial charge in [0, 0.05) is 10.0 Å². The Morgan fingerprint density at radius 1 is 1.13 bits per heavy atom. The van der Waals surface area contributed by atoms with Crippen LogP contribution in [0.5, 0.6) is 0 Å². The minimum absolute atomic E-state index is 0.328. The molecule has 15 heavy (non-hydrogen) atoms. The summed E-state index contributed by atoms with van der Waals surface area (Å²) in [5.74, 6) is 0.328. The molecular formula is C9H6Cl3N3. The van der Waals surface area contributed by atoms with Gasteiger partial charge in [0.1, 0.15) is 0 Å². The third kappa shape index (κ3) is 2.43. The molecule has 1 aromatic heterocycles. The molecule has 0 aliphatic heterocycles. The van der Waals surface area contributed by atoms with Crippen LogP contribution in [0, 0.1) is 0 Å². The molecule has 0 atom stereocenters. The van der Waals surface area contributed by atoms with Crippen LogP contribution in [0.15, 0.2) is 24.4 Å². The summed E-state index contributed by atoms with van der Waals surface area (Å²) in [6, 6.07) is 5.16. The summed E-state index contributed by atoms with van der Waals surface area (Å²) in [6.07, 6.45) is 1.73. The van der Waals surface area contributed by atoms with Gasteiger partial charge in [-0.15, -0.1) is 16.7 Å². The Kier molecular flexibility index (Phi) is 3.14. The summed E-state index contributed by atoms with van der Waals surface area (Å²) in [5.41, 5.74) is 1.46. The van der Waals surface area contributed by atoms with Gasteiger partial charge in [0.25, 0.3) is 0 Å². The molecule has 0 amide bonds. The number of aromatic nitrogens is 3. The fourth-order valence-corrected chi connectivity index (χ4v) is 1.79. The number of hydrogen-bond acceptors (Lipinski definition) is 2. The van der Waals surface area contributed by atoms with E-state index in [4.69, 9.17) is 34.8 Å². The molecule has 0 bridgehead atoms. The molecule has 0 aliphatic carbocycles. The van der Waals surface area contributed by atoms with Gasteiger partial charge in [-0.3, -0.25) is 0 Å². The van der Waals surface area contributed by atoms with Crippen LogP contribution in [0.25, 0.3) is 5.69 Å². The summed E-state index contributed by atoms with van der Waals surface area (Å²) in [4.78, 5) is 0. The van der Waals surface area contributed by atoms with Crippen LogP contribution in [0.1, 0.15) is 5.69 Å². The lowest BCUT2D eigenvalue weighted by Gasteiger charge is -2.01. The van der Waals surface area contributed by atoms with Gasteiger partial charge in [-0.1, -0.05) is 28.4 Å². The quantitative estimate of drug-likeness (QED) is 0.777. The Balaban J connectivity index is 2.44. The Hall–Kier alpha value is -0.770. The highest BCUT2D eigenvalue weighted by atomic mass is 35.5. The average Bonchev–Trinajstić information content (AvgIpc) is 2.64. The first-order chi connectivity index (χ1) is 7.19. The average molecular weight is 263 g/mol. The van der Waals surface area contributed by atoms with E-state index in [1.54, 1.807) is 29.1 Å². The van der Waals surface area contributed by atoms with Crippen LogP contribution in [-0.4, -0.2) is 15.0 Å². The SMILES string of the molecule is ClCc1cn(-c2cc(Cl)cc(Cl)c2)nn1. The second-order valence-electron chi connectivity index (χ2n) is 2.92. The first kappa shape index (κ1) is 10.7. The lowest BCUT2D eigenvalue weighted by Crippen LogP contribution is -1.94. The summed E-state index contributed by atoms with van der Waals surface area (Å²) in [6.45, 7) is 0. The molecule has 1 aromatic carbocycles. The lowest BCUT2D eigenvalue weighted by atomic mass is 10.3. The number of halogens is 3. The molecule has 2 rings (SSSR count). The molecule has 0 radical (unpaired) electrons. The van der Waals surface area contributed by atoms with E-state index in [0.29, 0.717) is 21.6 Å². The van der Waals surface area contributed by atoms with Crippen molar-refractivity contribution in [2.24, 2.45) is 0 Å². The summed E-state index contributed by atoms with van der Waals surface area (Å²) < 4.78 is 1.58. The minimum atomic E-state index is 0.328. The second-order valence-corrected chi connectivity index (χ2v) is 4.06. The van der Waals surface area contributed by atoms with E-state index < -0.39 is 0 Å². The van der Waals surface area contributed by atoms with Gasteiger partial charge >= 0.3 is 0 Å². The van der Waals surface area contributed by atoms with E-state index in [0.717, 1.165) is 5.69 Å². The van der Waals surface area contributed by atoms with E-state index in [1.807, 2.05) is 0 Å². The van der Waals surface area contributed by atoms with Gasteiger partial charge in [-0.25, -0.2) is 4.68 Å². The van der Waals surface area contributed by atoms with E-state index in [1.165, 1.54) is 0 Å². The summed E-state index contributed by atoms with van der Waals surface area (Å²) in [5, 5.41) is 8.88. The predicted octanol–water partition coefficient (Wildman–Crippen LogP) is 3.31. The van der Waals surface area contributed by atoms with Crippen LogP contribution in [-0.2, 0) is 5.88 Å². The van der Waals surface area contributed by atoms with E-state index >= 15 is 0 Å². The van der Waals surface area contributed by atoms with E-state index in [-0.39, 0.29) is 0 Å². The molecule has 0 fully saturated rings. The van der Waals surface area contributed by atoms with Crippen molar-refractivity contribution in [1.82, 2.24) is 15.0 Å². The number of nitrogens with zero attached hydrogens (tertiary/aromatic N) is 3. The normalized spacial score (nSPS) is 10.6. The maximum Gasteiger partial charge on any atom is 0.0979 e. The summed E-state index contributed by atoms with van der Waals surface area (Å²) in [7, 11) is 0. The fourth-order valence-electron chi connectivity index (χ4n) is 1.16. The number of rotatable bonds is 2. The van der Waals surface area contributed by atoms with Crippen molar-refractivity contribution in [2.75, 3.05) is 0 Å². The Bertz CT molecular complexity index is 461. The lowest BCUT2D eigenvalue weighted by molar-refractivity contribution is 0.800. The highest BCUT2D eigenvalue weighted by Gasteiger charge is 2.03. The molecule has 0 N–H and O–H groups in total. The van der Waals surface area contributed by atoms with Crippen molar-refractivity contribution in [3.8, 4) is 5.69 Å². The third-order valence-corrected chi connectivity index (χ3v) is 2.50. The third-order valence-electron chi connectivity index (χ3n) is 1.79. The Labute approximate surface area is 102 Å². The van der Waals surface area contributed by atoms with Crippen LogP contribution in [0.4, 0.5) is 0 Å². The maximum absolute atomic E-state index is 5.87. The molecule has 0 saturated carbocycles.